The van der Waals surface area contributed by atoms with Crippen molar-refractivity contribution in [2.24, 2.45) is 5.73 Å². The number of rotatable bonds is 3. The van der Waals surface area contributed by atoms with Crippen molar-refractivity contribution in [2.75, 3.05) is 0 Å². The zero-order chi connectivity index (χ0) is 13.1. The molecular formula is C13H11BrCl2N2. The molecule has 0 aliphatic carbocycles. The maximum Gasteiger partial charge on any atom is 0.0468 e. The average Bonchev–Trinajstić information content (AvgIpc) is 2.28. The first-order chi connectivity index (χ1) is 8.56. The van der Waals surface area contributed by atoms with Crippen LogP contribution in [-0.4, -0.2) is 4.98 Å². The smallest absolute Gasteiger partial charge is 0.0468 e. The molecule has 0 radical (unpaired) electrons. The van der Waals surface area contributed by atoms with Crippen LogP contribution in [0.25, 0.3) is 0 Å². The summed E-state index contributed by atoms with van der Waals surface area (Å²) in [5.41, 5.74) is 8.11. The van der Waals surface area contributed by atoms with Gasteiger partial charge < -0.3 is 5.73 Å². The highest BCUT2D eigenvalue weighted by atomic mass is 79.9. The second kappa shape index (κ2) is 6.02. The van der Waals surface area contributed by atoms with E-state index in [1.165, 1.54) is 0 Å². The molecule has 1 atom stereocenters. The van der Waals surface area contributed by atoms with Gasteiger partial charge in [-0.2, -0.15) is 0 Å². The predicted octanol–water partition coefficient (Wildman–Crippen LogP) is 4.39. The molecule has 1 unspecified atom stereocenters. The molecule has 0 aliphatic heterocycles. The SMILES string of the molecule is NC(Cc1cncc(Br)c1)c1ccc(Cl)cc1Cl. The van der Waals surface area contributed by atoms with Crippen LogP contribution in [0.4, 0.5) is 0 Å². The second-order valence-electron chi connectivity index (χ2n) is 3.99. The summed E-state index contributed by atoms with van der Waals surface area (Å²) < 4.78 is 0.939. The molecule has 0 amide bonds. The molecule has 0 saturated carbocycles. The summed E-state index contributed by atoms with van der Waals surface area (Å²) in [4.78, 5) is 4.11. The van der Waals surface area contributed by atoms with Crippen LogP contribution in [0.15, 0.2) is 41.1 Å². The molecular weight excluding hydrogens is 335 g/mol. The minimum absolute atomic E-state index is 0.175. The topological polar surface area (TPSA) is 38.9 Å². The Morgan fingerprint density at radius 2 is 2.00 bits per heavy atom. The molecule has 0 spiro atoms. The van der Waals surface area contributed by atoms with Crippen molar-refractivity contribution < 1.29 is 0 Å². The molecule has 1 aromatic carbocycles. The Hall–Kier alpha value is -0.610. The Morgan fingerprint density at radius 3 is 2.67 bits per heavy atom. The molecule has 0 bridgehead atoms. The van der Waals surface area contributed by atoms with E-state index >= 15 is 0 Å². The lowest BCUT2D eigenvalue weighted by Crippen LogP contribution is -2.14. The molecule has 5 heteroatoms. The third kappa shape index (κ3) is 3.45. The summed E-state index contributed by atoms with van der Waals surface area (Å²) in [5.74, 6) is 0. The second-order valence-corrected chi connectivity index (χ2v) is 5.75. The van der Waals surface area contributed by atoms with Gasteiger partial charge in [0.2, 0.25) is 0 Å². The summed E-state index contributed by atoms with van der Waals surface area (Å²) in [6, 6.07) is 7.18. The first kappa shape index (κ1) is 13.8. The molecule has 94 valence electrons. The van der Waals surface area contributed by atoms with Crippen molar-refractivity contribution in [3.8, 4) is 0 Å². The number of hydrogen-bond donors (Lipinski definition) is 1. The van der Waals surface area contributed by atoms with E-state index in [0.717, 1.165) is 15.6 Å². The van der Waals surface area contributed by atoms with Gasteiger partial charge in [0, 0.05) is 33.0 Å². The van der Waals surface area contributed by atoms with Gasteiger partial charge in [0.1, 0.15) is 0 Å². The van der Waals surface area contributed by atoms with Crippen molar-refractivity contribution in [2.45, 2.75) is 12.5 Å². The first-order valence-corrected chi connectivity index (χ1v) is 6.91. The van der Waals surface area contributed by atoms with Gasteiger partial charge in [-0.3, -0.25) is 4.98 Å². The fourth-order valence-electron chi connectivity index (χ4n) is 1.73. The number of hydrogen-bond acceptors (Lipinski definition) is 2. The standard InChI is InChI=1S/C13H11BrCl2N2/c14-9-3-8(6-18-7-9)4-13(17)11-2-1-10(15)5-12(11)16/h1-3,5-7,13H,4,17H2. The number of halogens is 3. The molecule has 0 saturated heterocycles. The van der Waals surface area contributed by atoms with Gasteiger partial charge in [0.05, 0.1) is 0 Å². The van der Waals surface area contributed by atoms with Gasteiger partial charge in [0.15, 0.2) is 0 Å². The minimum Gasteiger partial charge on any atom is -0.324 e. The van der Waals surface area contributed by atoms with E-state index in [-0.39, 0.29) is 6.04 Å². The van der Waals surface area contributed by atoms with Gasteiger partial charge >= 0.3 is 0 Å². The van der Waals surface area contributed by atoms with Gasteiger partial charge in [-0.05, 0) is 51.7 Å². The highest BCUT2D eigenvalue weighted by Gasteiger charge is 2.11. The van der Waals surface area contributed by atoms with Crippen LogP contribution in [0.3, 0.4) is 0 Å². The lowest BCUT2D eigenvalue weighted by atomic mass is 10.0. The molecule has 2 N–H and O–H groups in total. The van der Waals surface area contributed by atoms with Gasteiger partial charge in [-0.25, -0.2) is 0 Å². The molecule has 2 aromatic rings. The van der Waals surface area contributed by atoms with E-state index in [1.54, 1.807) is 24.5 Å². The summed E-state index contributed by atoms with van der Waals surface area (Å²) in [6.45, 7) is 0. The molecule has 2 rings (SSSR count). The largest absolute Gasteiger partial charge is 0.324 e. The highest BCUT2D eigenvalue weighted by Crippen LogP contribution is 2.27. The van der Waals surface area contributed by atoms with E-state index in [0.29, 0.717) is 16.5 Å². The van der Waals surface area contributed by atoms with Crippen LogP contribution in [0.5, 0.6) is 0 Å². The lowest BCUT2D eigenvalue weighted by molar-refractivity contribution is 0.719. The van der Waals surface area contributed by atoms with Crippen LogP contribution in [0.1, 0.15) is 17.2 Å². The van der Waals surface area contributed by atoms with Crippen molar-refractivity contribution in [3.05, 3.63) is 62.3 Å². The van der Waals surface area contributed by atoms with Crippen LogP contribution < -0.4 is 5.73 Å². The zero-order valence-electron chi connectivity index (χ0n) is 9.41. The molecule has 18 heavy (non-hydrogen) atoms. The maximum absolute atomic E-state index is 6.16. The number of benzene rings is 1. The Balaban J connectivity index is 2.19. The van der Waals surface area contributed by atoms with Crippen molar-refractivity contribution >= 4 is 39.1 Å². The summed E-state index contributed by atoms with van der Waals surface area (Å²) >= 11 is 15.4. The average molecular weight is 346 g/mol. The quantitative estimate of drug-likeness (QED) is 0.895. The Labute approximate surface area is 124 Å². The Kier molecular flexibility index (Phi) is 4.62. The van der Waals surface area contributed by atoms with Crippen LogP contribution in [-0.2, 0) is 6.42 Å². The van der Waals surface area contributed by atoms with E-state index < -0.39 is 0 Å². The number of aromatic nitrogens is 1. The molecule has 2 nitrogen and oxygen atoms in total. The van der Waals surface area contributed by atoms with E-state index in [9.17, 15) is 0 Å². The molecule has 1 heterocycles. The van der Waals surface area contributed by atoms with Crippen LogP contribution in [0.2, 0.25) is 10.0 Å². The van der Waals surface area contributed by atoms with Gasteiger partial charge in [-0.1, -0.05) is 29.3 Å². The lowest BCUT2D eigenvalue weighted by Gasteiger charge is -2.14. The first-order valence-electron chi connectivity index (χ1n) is 5.36. The summed E-state index contributed by atoms with van der Waals surface area (Å²) in [5, 5.41) is 1.21. The van der Waals surface area contributed by atoms with Crippen molar-refractivity contribution in [3.63, 3.8) is 0 Å². The van der Waals surface area contributed by atoms with E-state index in [1.807, 2.05) is 12.1 Å². The maximum atomic E-state index is 6.16. The number of nitrogens with two attached hydrogens (primary N) is 1. The summed E-state index contributed by atoms with van der Waals surface area (Å²) in [6.07, 6.45) is 4.21. The monoisotopic (exact) mass is 344 g/mol. The third-order valence-electron chi connectivity index (χ3n) is 2.58. The number of nitrogens with zero attached hydrogens (tertiary/aromatic N) is 1. The fraction of sp³-hybridized carbons (Fsp3) is 0.154. The van der Waals surface area contributed by atoms with E-state index in [4.69, 9.17) is 28.9 Å². The molecule has 1 aromatic heterocycles. The molecule has 0 fully saturated rings. The minimum atomic E-state index is -0.175. The highest BCUT2D eigenvalue weighted by molar-refractivity contribution is 9.10. The zero-order valence-corrected chi connectivity index (χ0v) is 12.5. The fourth-order valence-corrected chi connectivity index (χ4v) is 2.69. The number of pyridine rings is 1. The summed E-state index contributed by atoms with van der Waals surface area (Å²) in [7, 11) is 0. The van der Waals surface area contributed by atoms with Gasteiger partial charge in [-0.15, -0.1) is 0 Å². The van der Waals surface area contributed by atoms with Gasteiger partial charge in [0.25, 0.3) is 0 Å². The Morgan fingerprint density at radius 1 is 1.22 bits per heavy atom. The van der Waals surface area contributed by atoms with Crippen LogP contribution >= 0.6 is 39.1 Å². The van der Waals surface area contributed by atoms with E-state index in [2.05, 4.69) is 20.9 Å². The normalized spacial score (nSPS) is 12.4. The van der Waals surface area contributed by atoms with Crippen molar-refractivity contribution in [1.29, 1.82) is 0 Å². The van der Waals surface area contributed by atoms with Crippen molar-refractivity contribution in [1.82, 2.24) is 4.98 Å². The predicted molar refractivity (Wildman–Crippen MR) is 79.0 cm³/mol. The Bertz CT molecular complexity index is 560. The third-order valence-corrected chi connectivity index (χ3v) is 3.58. The van der Waals surface area contributed by atoms with Crippen LogP contribution in [0, 0.1) is 0 Å². The molecule has 0 aliphatic rings.